The highest BCUT2D eigenvalue weighted by molar-refractivity contribution is 8.07. The molecule has 4 fully saturated rings. The van der Waals surface area contributed by atoms with Crippen molar-refractivity contribution in [3.63, 3.8) is 0 Å². The van der Waals surface area contributed by atoms with E-state index in [0.717, 1.165) is 35.5 Å². The second kappa shape index (κ2) is 25.9. The van der Waals surface area contributed by atoms with Crippen LogP contribution in [0.15, 0.2) is 79.9 Å². The van der Waals surface area contributed by atoms with Gasteiger partial charge >= 0.3 is 25.6 Å². The normalized spacial score (nSPS) is 27.5. The number of amides is 4. The van der Waals surface area contributed by atoms with Crippen molar-refractivity contribution in [3.05, 3.63) is 91.0 Å². The lowest BCUT2D eigenvalue weighted by atomic mass is 9.92. The Labute approximate surface area is 487 Å². The molecule has 6 N–H and O–H groups in total. The van der Waals surface area contributed by atoms with Gasteiger partial charge in [0.05, 0.1) is 32.4 Å². The second-order valence-corrected chi connectivity index (χ2v) is 25.7. The van der Waals surface area contributed by atoms with Crippen LogP contribution in [0.25, 0.3) is 22.3 Å². The smallest absolute Gasteiger partial charge is 0.412 e. The molecule has 4 aliphatic heterocycles. The molecule has 12 atom stereocenters. The number of carbonyl (C=O) groups excluding carboxylic acids is 5. The number of anilines is 3. The Hall–Kier alpha value is -6.67. The van der Waals surface area contributed by atoms with E-state index in [-0.39, 0.29) is 90.1 Å². The van der Waals surface area contributed by atoms with Crippen LogP contribution >= 0.6 is 13.4 Å². The van der Waals surface area contributed by atoms with Crippen molar-refractivity contribution in [1.29, 1.82) is 0 Å². The van der Waals surface area contributed by atoms with Gasteiger partial charge in [0.25, 0.3) is 0 Å². The summed E-state index contributed by atoms with van der Waals surface area (Å²) in [4.78, 5) is 115. The van der Waals surface area contributed by atoms with Crippen LogP contribution in [0.2, 0.25) is 0 Å². The number of nitrogen functional groups attached to an aromatic ring is 1. The van der Waals surface area contributed by atoms with E-state index in [9.17, 15) is 33.8 Å². The quantitative estimate of drug-likeness (QED) is 0.0765. The van der Waals surface area contributed by atoms with E-state index in [4.69, 9.17) is 66.4 Å². The van der Waals surface area contributed by atoms with Crippen molar-refractivity contribution in [2.75, 3.05) is 62.9 Å². The zero-order valence-corrected chi connectivity index (χ0v) is 48.2. The molecule has 4 aromatic heterocycles. The van der Waals surface area contributed by atoms with Crippen LogP contribution in [-0.4, -0.2) is 172 Å². The number of likely N-dealkylation sites (tertiary alicyclic amines) is 1. The van der Waals surface area contributed by atoms with E-state index in [1.54, 1.807) is 29.2 Å². The average molecular weight is 1240 g/mol. The van der Waals surface area contributed by atoms with Gasteiger partial charge in [0.1, 0.15) is 61.6 Å². The summed E-state index contributed by atoms with van der Waals surface area (Å²) in [6.07, 6.45) is -9.51. The van der Waals surface area contributed by atoms with Gasteiger partial charge in [0.2, 0.25) is 11.8 Å². The number of ether oxygens (including phenoxy) is 4. The zero-order chi connectivity index (χ0) is 59.5. The minimum Gasteiger partial charge on any atom is -0.447 e. The van der Waals surface area contributed by atoms with Gasteiger partial charge in [-0.1, -0.05) is 49.4 Å². The van der Waals surface area contributed by atoms with Gasteiger partial charge in [0.15, 0.2) is 53.2 Å². The summed E-state index contributed by atoms with van der Waals surface area (Å²) in [5, 5.41) is 5.34. The Balaban J connectivity index is 0.693. The van der Waals surface area contributed by atoms with Crippen LogP contribution < -0.4 is 16.4 Å². The maximum Gasteiger partial charge on any atom is 0.412 e. The van der Waals surface area contributed by atoms with Crippen LogP contribution in [0, 0.1) is 11.8 Å². The summed E-state index contributed by atoms with van der Waals surface area (Å²) < 4.78 is 80.5. The van der Waals surface area contributed by atoms with Crippen molar-refractivity contribution in [3.8, 4) is 0 Å². The molecule has 3 unspecified atom stereocenters. The molecular weight excluding hydrogens is 1190 g/mol. The van der Waals surface area contributed by atoms with E-state index >= 15 is 8.78 Å². The number of fused-ring (bicyclic) bond motifs is 4. The highest BCUT2D eigenvalue weighted by Crippen LogP contribution is 2.55. The number of Topliss-reactive ketones (excluding diaryl/α,β-unsaturated/α-hetero) is 1. The first-order chi connectivity index (χ1) is 40.2. The second-order valence-electron chi connectivity index (χ2n) is 20.1. The Morgan fingerprint density at radius 2 is 1.43 bits per heavy atom. The van der Waals surface area contributed by atoms with Crippen LogP contribution in [0.3, 0.4) is 0 Å². The Morgan fingerprint density at radius 3 is 2.05 bits per heavy atom. The SMILES string of the molecule is CC1CCN(CCC(=O)C[C@H](Cc2ccccc2)C(=O)Nc2ccc(COC(=O)N(C)CCOC(=O)Nc3ncnc4c3ncn4[C@@H]3O[C@@H]4COP(O)(=S)O[C@H]5[C@@H](F)[C@H](n6cnc7c(N)ncnc76)O[C@@H]5COP(O)(=S)O[C@H]4[C@H]3F)cc2)C1=O. The molecule has 2 aromatic carbocycles. The Morgan fingerprint density at radius 1 is 0.821 bits per heavy atom. The number of hydrogen-bond donors (Lipinski definition) is 5. The van der Waals surface area contributed by atoms with E-state index in [2.05, 4.69) is 40.5 Å². The minimum absolute atomic E-state index is 0.00608. The predicted molar refractivity (Wildman–Crippen MR) is 298 cm³/mol. The third-order valence-corrected chi connectivity index (χ3v) is 17.4. The van der Waals surface area contributed by atoms with Crippen LogP contribution in [0.5, 0.6) is 0 Å². The molecule has 10 rings (SSSR count). The Bertz CT molecular complexity index is 3510. The average Bonchev–Trinajstić information content (AvgIpc) is 1.93. The van der Waals surface area contributed by atoms with Crippen LogP contribution in [-0.2, 0) is 88.1 Å². The monoisotopic (exact) mass is 1240 g/mol. The molecule has 6 aromatic rings. The first-order valence-electron chi connectivity index (χ1n) is 26.3. The fourth-order valence-electron chi connectivity index (χ4n) is 9.84. The zero-order valence-electron chi connectivity index (χ0n) is 44.8. The summed E-state index contributed by atoms with van der Waals surface area (Å²) in [5.41, 5.74) is 8.06. The summed E-state index contributed by atoms with van der Waals surface area (Å²) in [6.45, 7) is -7.90. The lowest BCUT2D eigenvalue weighted by Gasteiger charge is -2.29. The number of nitrogens with two attached hydrogens (primary N) is 1. The minimum atomic E-state index is -4.41. The highest BCUT2D eigenvalue weighted by Gasteiger charge is 2.54. The number of halogens is 2. The highest BCUT2D eigenvalue weighted by atomic mass is 32.5. The van der Waals surface area contributed by atoms with Crippen molar-refractivity contribution >= 4 is 106 Å². The lowest BCUT2D eigenvalue weighted by molar-refractivity contribution is -0.131. The fraction of sp³-hybridized carbons (Fsp3) is 0.460. The van der Waals surface area contributed by atoms with E-state index in [1.165, 1.54) is 22.8 Å². The largest absolute Gasteiger partial charge is 0.447 e. The van der Waals surface area contributed by atoms with Crippen LogP contribution in [0.4, 0.5) is 35.7 Å². The molecule has 34 heteroatoms. The van der Waals surface area contributed by atoms with Gasteiger partial charge in [0, 0.05) is 50.5 Å². The number of rotatable bonds is 17. The first-order valence-corrected chi connectivity index (χ1v) is 31.5. The van der Waals surface area contributed by atoms with Crippen molar-refractivity contribution in [1.82, 2.24) is 48.8 Å². The lowest BCUT2D eigenvalue weighted by Crippen LogP contribution is -2.37. The number of carbonyl (C=O) groups is 5. The number of ketones is 1. The molecule has 84 heavy (non-hydrogen) atoms. The molecule has 8 heterocycles. The molecule has 0 saturated carbocycles. The number of nitrogens with zero attached hydrogens (tertiary/aromatic N) is 10. The molecule has 0 aliphatic carbocycles. The third kappa shape index (κ3) is 14.0. The van der Waals surface area contributed by atoms with E-state index < -0.39 is 94.0 Å². The molecular formula is C50H57F2N13O15P2S2. The first kappa shape index (κ1) is 60.5. The molecule has 4 amide bonds. The maximum atomic E-state index is 16.7. The van der Waals surface area contributed by atoms with Crippen molar-refractivity contribution in [2.24, 2.45) is 11.8 Å². The summed E-state index contributed by atoms with van der Waals surface area (Å²) in [6, 6.07) is 16.0. The molecule has 0 bridgehead atoms. The van der Waals surface area contributed by atoms with Gasteiger partial charge in [-0.3, -0.25) is 37.9 Å². The molecule has 4 aliphatic rings. The standard InChI is InChI=1S/C50H57F2N13O15P2S2/c1-27-12-14-63(46(27)68)15-13-32(66)19-30(18-28-6-4-3-5-7-28)45(67)60-31-10-8-29(9-11-31)20-74-50(70)62(2)16-17-73-49(69)61-42-38-44(57-24-55-42)65(26-59-38)48-36(52)40-34(78-48)22-76-81(71,83)79-39-33(21-75-82(72,84)80-40)77-47(35(39)51)64-25-58-37-41(53)54-23-56-43(37)64/h3-11,23-27,30,33-36,39-40,47-48H,12-22H2,1-2H3,(H,60,67)(H,71,83)(H,72,84)(H2,53,54,56)(H,55,57,61,69)/t27?,30-,33+,34+,35+,36+,39+,40+,47+,48+,81?,82?/m0/s1. The number of aromatic nitrogens is 8. The number of likely N-dealkylation sites (N-methyl/N-ethyl adjacent to an activating group) is 1. The van der Waals surface area contributed by atoms with Crippen molar-refractivity contribution < 1.29 is 79.6 Å². The summed E-state index contributed by atoms with van der Waals surface area (Å²) in [5.74, 6) is -1.26. The molecule has 0 spiro atoms. The summed E-state index contributed by atoms with van der Waals surface area (Å²) >= 11 is 10.5. The maximum absolute atomic E-state index is 16.7. The number of hydrogen-bond acceptors (Lipinski definition) is 22. The van der Waals surface area contributed by atoms with E-state index in [1.807, 2.05) is 37.3 Å². The van der Waals surface area contributed by atoms with Crippen LogP contribution in [0.1, 0.15) is 49.8 Å². The van der Waals surface area contributed by atoms with Crippen molar-refractivity contribution in [2.45, 2.75) is 88.4 Å². The number of benzene rings is 2. The van der Waals surface area contributed by atoms with Gasteiger partial charge in [-0.15, -0.1) is 0 Å². The van der Waals surface area contributed by atoms with E-state index in [0.29, 0.717) is 30.8 Å². The van der Waals surface area contributed by atoms with Gasteiger partial charge in [-0.2, -0.15) is 0 Å². The molecule has 448 valence electrons. The molecule has 28 nitrogen and oxygen atoms in total. The number of nitrogens with one attached hydrogen (secondary N) is 2. The molecule has 0 radical (unpaired) electrons. The van der Waals surface area contributed by atoms with Gasteiger partial charge in [-0.05, 0) is 59.7 Å². The van der Waals surface area contributed by atoms with Gasteiger partial charge < -0.3 is 58.6 Å². The number of imidazole rings is 2. The topological polar surface area (TPSA) is 343 Å². The third-order valence-electron chi connectivity index (χ3n) is 14.3. The predicted octanol–water partition coefficient (Wildman–Crippen LogP) is 4.80. The Kier molecular flexibility index (Phi) is 18.6. The summed E-state index contributed by atoms with van der Waals surface area (Å²) in [7, 11) is 1.43. The van der Waals surface area contributed by atoms with Gasteiger partial charge in [-0.25, -0.2) is 48.3 Å². The molecule has 4 saturated heterocycles. The number of alkyl halides is 2. The fourth-order valence-corrected chi connectivity index (χ4v) is 12.7.